The fourth-order valence-electron chi connectivity index (χ4n) is 2.74. The summed E-state index contributed by atoms with van der Waals surface area (Å²) in [6.45, 7) is 0. The van der Waals surface area contributed by atoms with Crippen LogP contribution in [0.2, 0.25) is 0 Å². The molecule has 0 aliphatic carbocycles. The second kappa shape index (κ2) is 6.20. The molecule has 3 N–H and O–H groups in total. The molecular weight excluding hydrogens is 334 g/mol. The Kier molecular flexibility index (Phi) is 3.73. The summed E-state index contributed by atoms with van der Waals surface area (Å²) in [6.07, 6.45) is 5.72. The van der Waals surface area contributed by atoms with Crippen LogP contribution in [0, 0.1) is 0 Å². The lowest BCUT2D eigenvalue weighted by atomic mass is 10.2. The molecule has 9 nitrogen and oxygen atoms in total. The van der Waals surface area contributed by atoms with Crippen LogP contribution in [0.4, 0.5) is 22.1 Å². The Morgan fingerprint density at radius 2 is 2.04 bits per heavy atom. The largest absolute Gasteiger partial charge is 0.465 e. The van der Waals surface area contributed by atoms with E-state index in [2.05, 4.69) is 25.7 Å². The predicted octanol–water partition coefficient (Wildman–Crippen LogP) is 2.99. The van der Waals surface area contributed by atoms with Gasteiger partial charge in [0.15, 0.2) is 0 Å². The third kappa shape index (κ3) is 2.93. The Labute approximate surface area is 147 Å². The van der Waals surface area contributed by atoms with Gasteiger partial charge in [-0.25, -0.2) is 9.78 Å². The molecule has 4 rings (SSSR count). The smallest absolute Gasteiger partial charge is 0.409 e. The summed E-state index contributed by atoms with van der Waals surface area (Å²) < 4.78 is 3.49. The number of nitrogens with one attached hydrogen (secondary N) is 2. The highest BCUT2D eigenvalue weighted by molar-refractivity contribution is 6.00. The molecule has 1 aromatic carbocycles. The van der Waals surface area contributed by atoms with Gasteiger partial charge in [-0.2, -0.15) is 10.1 Å². The average Bonchev–Trinajstić information content (AvgIpc) is 3.19. The minimum atomic E-state index is -1.12. The molecule has 1 amide bonds. The fraction of sp³-hybridized carbons (Fsp3) is 0.0588. The van der Waals surface area contributed by atoms with E-state index in [0.717, 1.165) is 16.6 Å². The van der Waals surface area contributed by atoms with Crippen molar-refractivity contribution in [1.82, 2.24) is 24.3 Å². The molecule has 0 saturated carbocycles. The number of nitrogens with zero attached hydrogens (tertiary/aromatic N) is 5. The molecule has 3 aromatic heterocycles. The van der Waals surface area contributed by atoms with E-state index in [9.17, 15) is 4.79 Å². The van der Waals surface area contributed by atoms with Gasteiger partial charge in [0.1, 0.15) is 5.82 Å². The Morgan fingerprint density at radius 1 is 1.19 bits per heavy atom. The van der Waals surface area contributed by atoms with Gasteiger partial charge in [-0.05, 0) is 12.1 Å². The molecule has 0 bridgehead atoms. The lowest BCUT2D eigenvalue weighted by molar-refractivity contribution is 0.210. The van der Waals surface area contributed by atoms with Crippen molar-refractivity contribution in [2.45, 2.75) is 0 Å². The van der Waals surface area contributed by atoms with Crippen molar-refractivity contribution in [3.63, 3.8) is 0 Å². The molecule has 0 atom stereocenters. The van der Waals surface area contributed by atoms with Gasteiger partial charge in [0.05, 0.1) is 23.1 Å². The van der Waals surface area contributed by atoms with Crippen LogP contribution in [-0.4, -0.2) is 35.5 Å². The average molecular weight is 349 g/mol. The number of amides is 1. The maximum Gasteiger partial charge on any atom is 0.409 e. The van der Waals surface area contributed by atoms with Crippen molar-refractivity contribution in [3.05, 3.63) is 55.1 Å². The van der Waals surface area contributed by atoms with E-state index in [1.54, 1.807) is 29.3 Å². The number of benzene rings is 1. The van der Waals surface area contributed by atoms with E-state index in [0.29, 0.717) is 17.5 Å². The SMILES string of the molecule is Cn1cc(Nc2nccc(-n3cc(NC(=O)O)c4ccccc43)n2)cn1. The normalized spacial score (nSPS) is 10.8. The fourth-order valence-corrected chi connectivity index (χ4v) is 2.74. The molecule has 0 spiro atoms. The van der Waals surface area contributed by atoms with Crippen LogP contribution in [0.15, 0.2) is 55.1 Å². The van der Waals surface area contributed by atoms with Gasteiger partial charge in [0.25, 0.3) is 0 Å². The van der Waals surface area contributed by atoms with Gasteiger partial charge in [0.2, 0.25) is 5.95 Å². The van der Waals surface area contributed by atoms with Gasteiger partial charge in [0, 0.05) is 31.0 Å². The van der Waals surface area contributed by atoms with E-state index in [1.165, 1.54) is 0 Å². The van der Waals surface area contributed by atoms with Crippen LogP contribution in [-0.2, 0) is 7.05 Å². The number of rotatable bonds is 4. The van der Waals surface area contributed by atoms with Crippen LogP contribution in [0.3, 0.4) is 0 Å². The van der Waals surface area contributed by atoms with Crippen molar-refractivity contribution < 1.29 is 9.90 Å². The van der Waals surface area contributed by atoms with Gasteiger partial charge >= 0.3 is 6.09 Å². The summed E-state index contributed by atoms with van der Waals surface area (Å²) >= 11 is 0. The standard InChI is InChI=1S/C17H15N7O2/c1-23-9-11(8-19-23)20-16-18-7-6-15(22-16)24-10-13(21-17(25)26)12-4-2-3-5-14(12)24/h2-10,21H,1H3,(H,25,26)(H,18,20,22). The third-order valence-electron chi connectivity index (χ3n) is 3.80. The zero-order valence-electron chi connectivity index (χ0n) is 13.8. The van der Waals surface area contributed by atoms with E-state index in [-0.39, 0.29) is 0 Å². The van der Waals surface area contributed by atoms with Crippen LogP contribution in [0.25, 0.3) is 16.7 Å². The first-order chi connectivity index (χ1) is 12.6. The Hall–Kier alpha value is -3.88. The van der Waals surface area contributed by atoms with Gasteiger partial charge in [-0.3, -0.25) is 14.6 Å². The van der Waals surface area contributed by atoms with Crippen LogP contribution < -0.4 is 10.6 Å². The second-order valence-electron chi connectivity index (χ2n) is 5.63. The van der Waals surface area contributed by atoms with Crippen molar-refractivity contribution in [2.24, 2.45) is 7.05 Å². The zero-order valence-corrected chi connectivity index (χ0v) is 13.8. The second-order valence-corrected chi connectivity index (χ2v) is 5.63. The predicted molar refractivity (Wildman–Crippen MR) is 97.0 cm³/mol. The van der Waals surface area contributed by atoms with E-state index < -0.39 is 6.09 Å². The third-order valence-corrected chi connectivity index (χ3v) is 3.80. The Balaban J connectivity index is 1.75. The summed E-state index contributed by atoms with van der Waals surface area (Å²) in [6, 6.07) is 9.26. The van der Waals surface area contributed by atoms with Crippen LogP contribution in [0.1, 0.15) is 0 Å². The molecule has 0 saturated heterocycles. The highest BCUT2D eigenvalue weighted by Gasteiger charge is 2.12. The summed E-state index contributed by atoms with van der Waals surface area (Å²) in [5, 5.41) is 19.4. The number of aryl methyl sites for hydroxylation is 1. The number of hydrogen-bond acceptors (Lipinski definition) is 5. The minimum absolute atomic E-state index is 0.418. The number of para-hydroxylation sites is 1. The van der Waals surface area contributed by atoms with Crippen molar-refractivity contribution >= 4 is 34.3 Å². The molecule has 0 fully saturated rings. The molecule has 26 heavy (non-hydrogen) atoms. The van der Waals surface area contributed by atoms with E-state index in [1.807, 2.05) is 42.1 Å². The highest BCUT2D eigenvalue weighted by atomic mass is 16.4. The van der Waals surface area contributed by atoms with Crippen molar-refractivity contribution in [3.8, 4) is 5.82 Å². The molecule has 3 heterocycles. The minimum Gasteiger partial charge on any atom is -0.465 e. The molecule has 4 aromatic rings. The van der Waals surface area contributed by atoms with Gasteiger partial charge < -0.3 is 10.4 Å². The lowest BCUT2D eigenvalue weighted by Gasteiger charge is -2.06. The first kappa shape index (κ1) is 15.6. The Bertz CT molecular complexity index is 1100. The van der Waals surface area contributed by atoms with Crippen molar-refractivity contribution in [2.75, 3.05) is 10.6 Å². The maximum absolute atomic E-state index is 11.1. The molecule has 0 radical (unpaired) electrons. The summed E-state index contributed by atoms with van der Waals surface area (Å²) in [4.78, 5) is 19.8. The molecule has 0 aliphatic heterocycles. The van der Waals surface area contributed by atoms with Gasteiger partial charge in [-0.1, -0.05) is 18.2 Å². The Morgan fingerprint density at radius 3 is 2.81 bits per heavy atom. The monoisotopic (exact) mass is 349 g/mol. The summed E-state index contributed by atoms with van der Waals surface area (Å²) in [5.41, 5.74) is 2.10. The number of fused-ring (bicyclic) bond motifs is 1. The van der Waals surface area contributed by atoms with Gasteiger partial charge in [-0.15, -0.1) is 0 Å². The number of aromatic nitrogens is 5. The number of anilines is 3. The summed E-state index contributed by atoms with van der Waals surface area (Å²) in [7, 11) is 1.82. The molecule has 9 heteroatoms. The first-order valence-corrected chi connectivity index (χ1v) is 7.79. The molecule has 130 valence electrons. The summed E-state index contributed by atoms with van der Waals surface area (Å²) in [5.74, 6) is 1.03. The van der Waals surface area contributed by atoms with Crippen molar-refractivity contribution in [1.29, 1.82) is 0 Å². The molecule has 0 aliphatic rings. The number of carboxylic acid groups (broad SMARTS) is 1. The van der Waals surface area contributed by atoms with E-state index >= 15 is 0 Å². The molecule has 0 unspecified atom stereocenters. The van der Waals surface area contributed by atoms with E-state index in [4.69, 9.17) is 5.11 Å². The highest BCUT2D eigenvalue weighted by Crippen LogP contribution is 2.28. The van der Waals surface area contributed by atoms with Crippen LogP contribution >= 0.6 is 0 Å². The van der Waals surface area contributed by atoms with Crippen LogP contribution in [0.5, 0.6) is 0 Å². The topological polar surface area (TPSA) is 110 Å². The molecular formula is C17H15N7O2. The maximum atomic E-state index is 11.1. The number of hydrogen-bond donors (Lipinski definition) is 3. The lowest BCUT2D eigenvalue weighted by Crippen LogP contribution is -2.06. The number of carbonyl (C=O) groups is 1. The first-order valence-electron chi connectivity index (χ1n) is 7.79. The quantitative estimate of drug-likeness (QED) is 0.522. The zero-order chi connectivity index (χ0) is 18.1.